The van der Waals surface area contributed by atoms with Crippen LogP contribution < -0.4 is 4.74 Å². The zero-order chi connectivity index (χ0) is 50.1. The molecular formula is C38H39F12N9O8. The van der Waals surface area contributed by atoms with Crippen LogP contribution in [0.3, 0.4) is 0 Å². The number of aromatic nitrogens is 6. The Kier molecular flexibility index (Phi) is 17.2. The number of nitrogens with one attached hydrogen (secondary N) is 1. The van der Waals surface area contributed by atoms with Crippen LogP contribution in [0.5, 0.6) is 5.88 Å². The predicted octanol–water partition coefficient (Wildman–Crippen LogP) is 6.41. The fourth-order valence-corrected chi connectivity index (χ4v) is 7.36. The quantitative estimate of drug-likeness (QED) is 0.114. The number of carbonyl (C=O) groups is 3. The molecule has 1 aliphatic carbocycles. The van der Waals surface area contributed by atoms with Crippen LogP contribution in [0.1, 0.15) is 56.2 Å². The van der Waals surface area contributed by atoms with Crippen molar-refractivity contribution in [3.8, 4) is 23.2 Å². The third-order valence-electron chi connectivity index (χ3n) is 10.5. The third-order valence-corrected chi connectivity index (χ3v) is 10.5. The molecule has 3 aliphatic rings. The number of ether oxygens (including phenoxy) is 1. The number of aliphatic hydroxyl groups excluding tert-OH is 1. The van der Waals surface area contributed by atoms with Crippen molar-refractivity contribution in [2.24, 2.45) is 0 Å². The highest BCUT2D eigenvalue weighted by Gasteiger charge is 2.48. The van der Waals surface area contributed by atoms with Crippen LogP contribution in [-0.2, 0) is 32.6 Å². The summed E-state index contributed by atoms with van der Waals surface area (Å²) in [7, 11) is 0. The molecule has 3 fully saturated rings. The number of nitriles is 1. The van der Waals surface area contributed by atoms with Gasteiger partial charge in [0.1, 0.15) is 29.3 Å². The number of hydrogen-bond acceptors (Lipinski definition) is 12. The molecule has 0 bridgehead atoms. The molecule has 17 nitrogen and oxygen atoms in total. The number of hydrogen-bond donors (Lipinski definition) is 5. The standard InChI is InChI=1S/C32H36F3N9O2.3C2HF3O2/c33-32(34,35)27-12-21(15-42-11-1-2-24(42)17-45)13-28(41-27)46-25-5-3-23(4-6-25)43-18-31(19-43,8-9-36)44-16-22(14-40-44)29-26-7-10-37-30(26)39-20-38-29;3*3-2(4,5)1(6)7/h7,10,12-14,16,20,23-25,45H,1-6,8,11,15,17-19H2,(H,37,38,39);3*(H,6,7)/t23?,24-,25?;;;/m1.../s1. The molecule has 368 valence electrons. The van der Waals surface area contributed by atoms with Gasteiger partial charge in [0.15, 0.2) is 0 Å². The summed E-state index contributed by atoms with van der Waals surface area (Å²) in [6, 6.07) is 7.23. The number of alkyl halides is 12. The summed E-state index contributed by atoms with van der Waals surface area (Å²) in [5.74, 6) is -8.27. The molecule has 4 aromatic rings. The molecule has 7 rings (SSSR count). The molecule has 0 spiro atoms. The molecule has 5 N–H and O–H groups in total. The van der Waals surface area contributed by atoms with Crippen molar-refractivity contribution in [2.45, 2.75) is 99.9 Å². The number of nitrogens with zero attached hydrogens (tertiary/aromatic N) is 8. The first-order valence-corrected chi connectivity index (χ1v) is 19.5. The largest absolute Gasteiger partial charge is 0.490 e. The van der Waals surface area contributed by atoms with E-state index in [1.54, 1.807) is 12.3 Å². The summed E-state index contributed by atoms with van der Waals surface area (Å²) >= 11 is 0. The molecule has 4 aromatic heterocycles. The van der Waals surface area contributed by atoms with Crippen molar-refractivity contribution in [1.82, 2.24) is 39.5 Å². The summed E-state index contributed by atoms with van der Waals surface area (Å²) in [5, 5.41) is 46.3. The van der Waals surface area contributed by atoms with Gasteiger partial charge in [0.2, 0.25) is 5.88 Å². The number of aliphatic carboxylic acids is 3. The second-order valence-corrected chi connectivity index (χ2v) is 15.2. The first kappa shape index (κ1) is 53.3. The number of H-pyrrole nitrogens is 1. The van der Waals surface area contributed by atoms with Gasteiger partial charge in [-0.3, -0.25) is 14.5 Å². The molecule has 67 heavy (non-hydrogen) atoms. The van der Waals surface area contributed by atoms with Crippen molar-refractivity contribution in [1.29, 1.82) is 5.26 Å². The van der Waals surface area contributed by atoms with Gasteiger partial charge in [-0.2, -0.15) is 63.0 Å². The van der Waals surface area contributed by atoms with Crippen LogP contribution in [-0.4, -0.2) is 141 Å². The normalized spacial score (nSPS) is 19.9. The number of likely N-dealkylation sites (tertiary alicyclic amines) is 2. The minimum absolute atomic E-state index is 0.0000890. The Hall–Kier alpha value is -6.28. The number of carboxylic acid groups (broad SMARTS) is 3. The number of pyridine rings is 1. The number of aromatic amines is 1. The lowest BCUT2D eigenvalue weighted by molar-refractivity contribution is -0.193. The van der Waals surface area contributed by atoms with E-state index in [0.29, 0.717) is 50.5 Å². The molecule has 0 aromatic carbocycles. The summed E-state index contributed by atoms with van der Waals surface area (Å²) in [6.45, 7) is 2.41. The fraction of sp³-hybridized carbons (Fsp3) is 0.526. The van der Waals surface area contributed by atoms with E-state index in [2.05, 4.69) is 36.0 Å². The Labute approximate surface area is 369 Å². The van der Waals surface area contributed by atoms with Crippen LogP contribution in [0.2, 0.25) is 0 Å². The highest BCUT2D eigenvalue weighted by atomic mass is 19.4. The van der Waals surface area contributed by atoms with Gasteiger partial charge in [-0.1, -0.05) is 0 Å². The van der Waals surface area contributed by atoms with Gasteiger partial charge in [0, 0.05) is 61.1 Å². The smallest absolute Gasteiger partial charge is 0.475 e. The van der Waals surface area contributed by atoms with Gasteiger partial charge in [-0.05, 0) is 62.8 Å². The van der Waals surface area contributed by atoms with E-state index in [0.717, 1.165) is 60.6 Å². The monoisotopic (exact) mass is 977 g/mol. The van der Waals surface area contributed by atoms with Crippen LogP contribution >= 0.6 is 0 Å². The lowest BCUT2D eigenvalue weighted by Gasteiger charge is -2.53. The van der Waals surface area contributed by atoms with Crippen molar-refractivity contribution >= 4 is 28.9 Å². The van der Waals surface area contributed by atoms with Crippen LogP contribution in [0.15, 0.2) is 43.1 Å². The average Bonchev–Trinajstić information content (AvgIpc) is 4.01. The average molecular weight is 978 g/mol. The SMILES string of the molecule is N#CCC1(n2cc(-c3ncnc4[nH]ccc34)cn2)CN(C2CCC(Oc3cc(CN4CCC[C@@H]4CO)cc(C(F)(F)F)n3)CC2)C1.O=C(O)C(F)(F)F.O=C(O)C(F)(F)F.O=C(O)C(F)(F)F. The summed E-state index contributed by atoms with van der Waals surface area (Å²) < 4.78 is 144. The molecule has 0 unspecified atom stereocenters. The van der Waals surface area contributed by atoms with E-state index in [4.69, 9.17) is 34.4 Å². The van der Waals surface area contributed by atoms with Crippen LogP contribution in [0.4, 0.5) is 52.7 Å². The molecule has 29 heteroatoms. The van der Waals surface area contributed by atoms with Gasteiger partial charge in [0.05, 0.1) is 31.0 Å². The molecular weight excluding hydrogens is 938 g/mol. The Balaban J connectivity index is 0.000000389. The number of aliphatic hydroxyl groups is 1. The molecule has 1 saturated carbocycles. The molecule has 0 amide bonds. The number of rotatable bonds is 9. The molecule has 0 radical (unpaired) electrons. The molecule has 6 heterocycles. The van der Waals surface area contributed by atoms with Gasteiger partial charge in [0.25, 0.3) is 0 Å². The Morgan fingerprint density at radius 1 is 0.866 bits per heavy atom. The van der Waals surface area contributed by atoms with Crippen molar-refractivity contribution in [2.75, 3.05) is 26.2 Å². The van der Waals surface area contributed by atoms with Gasteiger partial charge in [-0.25, -0.2) is 29.3 Å². The van der Waals surface area contributed by atoms with E-state index in [-0.39, 0.29) is 24.6 Å². The summed E-state index contributed by atoms with van der Waals surface area (Å²) in [5.41, 5.74) is 1.49. The van der Waals surface area contributed by atoms with Crippen molar-refractivity contribution in [3.05, 3.63) is 54.4 Å². The Morgan fingerprint density at radius 3 is 1.97 bits per heavy atom. The fourth-order valence-electron chi connectivity index (χ4n) is 7.36. The minimum atomic E-state index is -5.08. The maximum Gasteiger partial charge on any atom is 0.490 e. The van der Waals surface area contributed by atoms with E-state index in [1.165, 1.54) is 6.33 Å². The van der Waals surface area contributed by atoms with E-state index < -0.39 is 53.8 Å². The van der Waals surface area contributed by atoms with E-state index >= 15 is 0 Å². The van der Waals surface area contributed by atoms with Gasteiger partial charge >= 0.3 is 42.6 Å². The third kappa shape index (κ3) is 14.6. The lowest BCUT2D eigenvalue weighted by atomic mass is 9.82. The van der Waals surface area contributed by atoms with Gasteiger partial charge < -0.3 is 30.1 Å². The topological polar surface area (TPSA) is 244 Å². The first-order valence-electron chi connectivity index (χ1n) is 19.5. The molecule has 2 aliphatic heterocycles. The second kappa shape index (κ2) is 21.6. The number of fused-ring (bicyclic) bond motifs is 1. The molecule has 2 saturated heterocycles. The zero-order valence-electron chi connectivity index (χ0n) is 34.3. The predicted molar refractivity (Wildman–Crippen MR) is 202 cm³/mol. The Morgan fingerprint density at radius 2 is 1.45 bits per heavy atom. The van der Waals surface area contributed by atoms with Crippen LogP contribution in [0.25, 0.3) is 22.3 Å². The van der Waals surface area contributed by atoms with Crippen molar-refractivity contribution in [3.63, 3.8) is 0 Å². The van der Waals surface area contributed by atoms with Crippen LogP contribution in [0, 0.1) is 11.3 Å². The summed E-state index contributed by atoms with van der Waals surface area (Å²) in [6.07, 6.45) is -7.85. The zero-order valence-corrected chi connectivity index (χ0v) is 34.3. The molecule has 1 atom stereocenters. The highest BCUT2D eigenvalue weighted by molar-refractivity contribution is 5.90. The Bertz CT molecular complexity index is 2290. The lowest BCUT2D eigenvalue weighted by Crippen LogP contribution is -2.65. The highest BCUT2D eigenvalue weighted by Crippen LogP contribution is 2.39. The maximum absolute atomic E-state index is 13.7. The maximum atomic E-state index is 13.7. The first-order chi connectivity index (χ1) is 31.1. The second-order valence-electron chi connectivity index (χ2n) is 15.2. The van der Waals surface area contributed by atoms with Crippen molar-refractivity contribution < 1.29 is 92.2 Å². The van der Waals surface area contributed by atoms with Gasteiger partial charge in [-0.15, -0.1) is 0 Å². The summed E-state index contributed by atoms with van der Waals surface area (Å²) in [4.78, 5) is 46.7. The van der Waals surface area contributed by atoms with E-state index in [1.807, 2.05) is 28.0 Å². The van der Waals surface area contributed by atoms with E-state index in [9.17, 15) is 63.1 Å². The number of halogens is 12. The number of carboxylic acids is 3. The minimum Gasteiger partial charge on any atom is -0.475 e.